The van der Waals surface area contributed by atoms with Gasteiger partial charge in [0.05, 0.1) is 32.0 Å². The third kappa shape index (κ3) is 8.43. The van der Waals surface area contributed by atoms with Gasteiger partial charge in [-0.05, 0) is 66.6 Å². The average molecular weight is 614 g/mol. The van der Waals surface area contributed by atoms with Gasteiger partial charge >= 0.3 is 0 Å². The number of rotatable bonds is 8. The Balaban J connectivity index is 1.64. The molecule has 2 amide bonds. The first kappa shape index (κ1) is 33.6. The molecule has 0 fully saturated rings. The molecule has 2 aliphatic rings. The number of halogens is 2. The lowest BCUT2D eigenvalue weighted by Gasteiger charge is -2.32. The third-order valence-corrected chi connectivity index (χ3v) is 8.66. The van der Waals surface area contributed by atoms with E-state index in [0.717, 1.165) is 30.0 Å². The lowest BCUT2D eigenvalue weighted by Crippen LogP contribution is -2.55. The molecule has 0 radical (unpaired) electrons. The van der Waals surface area contributed by atoms with Crippen molar-refractivity contribution in [3.05, 3.63) is 76.9 Å². The van der Waals surface area contributed by atoms with Crippen LogP contribution in [0, 0.1) is 17.6 Å². The average Bonchev–Trinajstić information content (AvgIpc) is 3.34. The molecule has 0 saturated carbocycles. The van der Waals surface area contributed by atoms with Crippen LogP contribution >= 0.6 is 0 Å². The second-order valence-electron chi connectivity index (χ2n) is 11.9. The number of nitrogens with zero attached hydrogens (tertiary/aromatic N) is 1. The molecule has 44 heavy (non-hydrogen) atoms. The molecule has 240 valence electrons. The highest BCUT2D eigenvalue weighted by Crippen LogP contribution is 2.42. The van der Waals surface area contributed by atoms with E-state index in [2.05, 4.69) is 17.6 Å². The van der Waals surface area contributed by atoms with Crippen LogP contribution in [-0.4, -0.2) is 67.3 Å². The molecule has 8 nitrogen and oxygen atoms in total. The fourth-order valence-electron chi connectivity index (χ4n) is 6.09. The minimum absolute atomic E-state index is 0.0167. The van der Waals surface area contributed by atoms with Crippen LogP contribution in [0.2, 0.25) is 0 Å². The van der Waals surface area contributed by atoms with Gasteiger partial charge in [-0.15, -0.1) is 0 Å². The molecule has 0 unspecified atom stereocenters. The Kier molecular flexibility index (Phi) is 11.9. The van der Waals surface area contributed by atoms with Gasteiger partial charge < -0.3 is 30.1 Å². The summed E-state index contributed by atoms with van der Waals surface area (Å²) in [4.78, 5) is 28.6. The van der Waals surface area contributed by atoms with E-state index < -0.39 is 35.7 Å². The van der Waals surface area contributed by atoms with Crippen molar-refractivity contribution in [3.8, 4) is 5.75 Å². The standard InChI is InChI=1S/C34H45F2N3O5/c1-5-6-9-21(2)34(42)39(3)30-10-7-8-13-44-32-19-28(27-18-25(43-4)11-12-26(27)32)37-20-31(40)29(38-33(30)41)16-22-14-23(35)17-24(36)15-22/h7-8,11-12,14-15,17-18,21,28-32,37,40H,5-6,9-10,13,16,19-20H2,1-4H3,(H,38,41)/t21-,28-,29-,30-,31+,32+/m0/s1. The van der Waals surface area contributed by atoms with E-state index in [1.807, 2.05) is 37.3 Å². The van der Waals surface area contributed by atoms with Gasteiger partial charge in [-0.1, -0.05) is 44.9 Å². The summed E-state index contributed by atoms with van der Waals surface area (Å²) in [6, 6.07) is 7.09. The van der Waals surface area contributed by atoms with Crippen molar-refractivity contribution in [2.75, 3.05) is 27.3 Å². The topological polar surface area (TPSA) is 100 Å². The maximum Gasteiger partial charge on any atom is 0.243 e. The number of hydrogen-bond donors (Lipinski definition) is 3. The van der Waals surface area contributed by atoms with E-state index in [-0.39, 0.29) is 43.4 Å². The van der Waals surface area contributed by atoms with Crippen LogP contribution in [0.4, 0.5) is 8.78 Å². The molecule has 0 aromatic heterocycles. The summed E-state index contributed by atoms with van der Waals surface area (Å²) in [6.45, 7) is 4.33. The van der Waals surface area contributed by atoms with Crippen LogP contribution in [0.3, 0.4) is 0 Å². The number of fused-ring (bicyclic) bond motifs is 5. The van der Waals surface area contributed by atoms with Crippen molar-refractivity contribution in [3.63, 3.8) is 0 Å². The molecule has 0 spiro atoms. The molecule has 4 rings (SSSR count). The third-order valence-electron chi connectivity index (χ3n) is 8.66. The molecular formula is C34H45F2N3O5. The van der Waals surface area contributed by atoms with E-state index in [0.29, 0.717) is 30.8 Å². The molecule has 10 heteroatoms. The quantitative estimate of drug-likeness (QED) is 0.371. The maximum atomic E-state index is 14.1. The smallest absolute Gasteiger partial charge is 0.243 e. The van der Waals surface area contributed by atoms with E-state index in [4.69, 9.17) is 9.47 Å². The Hall–Kier alpha value is -3.34. The normalized spacial score (nSPS) is 24.9. The van der Waals surface area contributed by atoms with E-state index in [1.54, 1.807) is 14.2 Å². The number of amides is 2. The van der Waals surface area contributed by atoms with Crippen LogP contribution in [0.5, 0.6) is 5.75 Å². The zero-order valence-electron chi connectivity index (χ0n) is 26.0. The van der Waals surface area contributed by atoms with Crippen LogP contribution in [-0.2, 0) is 20.7 Å². The van der Waals surface area contributed by atoms with Gasteiger partial charge in [0, 0.05) is 31.6 Å². The summed E-state index contributed by atoms with van der Waals surface area (Å²) in [5, 5.41) is 17.8. The summed E-state index contributed by atoms with van der Waals surface area (Å²) in [5.41, 5.74) is 2.33. The first-order valence-corrected chi connectivity index (χ1v) is 15.5. The number of carbonyl (C=O) groups excluding carboxylic acids is 2. The number of unbranched alkanes of at least 4 members (excludes halogenated alkanes) is 1. The number of aliphatic hydroxyl groups is 1. The highest BCUT2D eigenvalue weighted by Gasteiger charge is 2.35. The zero-order valence-corrected chi connectivity index (χ0v) is 26.0. The molecule has 6 atom stereocenters. The fraction of sp³-hybridized carbons (Fsp3) is 0.529. The van der Waals surface area contributed by atoms with Crippen molar-refractivity contribution in [1.29, 1.82) is 0 Å². The predicted molar refractivity (Wildman–Crippen MR) is 164 cm³/mol. The number of β-amino-alcohol motifs (C(OH)–C–C–N with tert-alkyl or cyclic N) is 1. The zero-order chi connectivity index (χ0) is 31.8. The Bertz CT molecular complexity index is 1300. The summed E-state index contributed by atoms with van der Waals surface area (Å²) in [7, 11) is 3.22. The maximum absolute atomic E-state index is 14.1. The van der Waals surface area contributed by atoms with Gasteiger partial charge in [0.15, 0.2) is 0 Å². The van der Waals surface area contributed by atoms with Crippen LogP contribution in [0.15, 0.2) is 48.6 Å². The van der Waals surface area contributed by atoms with Crippen LogP contribution in [0.1, 0.15) is 74.8 Å². The lowest BCUT2D eigenvalue weighted by molar-refractivity contribution is -0.142. The Morgan fingerprint density at radius 3 is 2.61 bits per heavy atom. The SMILES string of the molecule is CCCC[C@H](C)C(=O)N(C)[C@H]1CC=CCO[C@@H]2C[C@H](NC[C@@H](O)[C@H](Cc3cc(F)cc(F)c3)NC1=O)c1cc(OC)ccc12. The molecule has 0 saturated heterocycles. The highest BCUT2D eigenvalue weighted by molar-refractivity contribution is 5.88. The van der Waals surface area contributed by atoms with Crippen molar-refractivity contribution in [2.24, 2.45) is 5.92 Å². The minimum atomic E-state index is -1.12. The Morgan fingerprint density at radius 2 is 1.91 bits per heavy atom. The lowest BCUT2D eigenvalue weighted by atomic mass is 9.98. The van der Waals surface area contributed by atoms with E-state index >= 15 is 0 Å². The van der Waals surface area contributed by atoms with Gasteiger partial charge in [-0.3, -0.25) is 9.59 Å². The summed E-state index contributed by atoms with van der Waals surface area (Å²) >= 11 is 0. The van der Waals surface area contributed by atoms with Gasteiger partial charge in [0.25, 0.3) is 0 Å². The first-order valence-electron chi connectivity index (χ1n) is 15.5. The van der Waals surface area contributed by atoms with Crippen LogP contribution < -0.4 is 15.4 Å². The Labute approximate surface area is 258 Å². The number of methoxy groups -OCH3 is 1. The monoisotopic (exact) mass is 613 g/mol. The summed E-state index contributed by atoms with van der Waals surface area (Å²) in [5.74, 6) is -1.64. The second kappa shape index (κ2) is 15.6. The van der Waals surface area contributed by atoms with E-state index in [9.17, 15) is 23.5 Å². The van der Waals surface area contributed by atoms with Crippen molar-refractivity contribution in [1.82, 2.24) is 15.5 Å². The fourth-order valence-corrected chi connectivity index (χ4v) is 6.09. The molecule has 2 bridgehead atoms. The van der Waals surface area contributed by atoms with Crippen molar-refractivity contribution >= 4 is 11.8 Å². The number of likely N-dealkylation sites (N-methyl/N-ethyl adjacent to an activating group) is 1. The van der Waals surface area contributed by atoms with Crippen molar-refractivity contribution in [2.45, 2.75) is 82.7 Å². The minimum Gasteiger partial charge on any atom is -0.497 e. The molecule has 1 aliphatic carbocycles. The van der Waals surface area contributed by atoms with E-state index in [1.165, 1.54) is 17.0 Å². The molecular weight excluding hydrogens is 568 g/mol. The number of benzene rings is 2. The molecule has 2 aromatic carbocycles. The summed E-state index contributed by atoms with van der Waals surface area (Å²) < 4.78 is 39.8. The highest BCUT2D eigenvalue weighted by atomic mass is 19.1. The molecule has 2 aromatic rings. The van der Waals surface area contributed by atoms with Gasteiger partial charge in [0.1, 0.15) is 23.4 Å². The van der Waals surface area contributed by atoms with Gasteiger partial charge in [0.2, 0.25) is 11.8 Å². The largest absolute Gasteiger partial charge is 0.497 e. The number of carbonyl (C=O) groups is 2. The summed E-state index contributed by atoms with van der Waals surface area (Å²) in [6.07, 6.45) is 5.79. The number of hydrogen-bond acceptors (Lipinski definition) is 6. The van der Waals surface area contributed by atoms with Crippen LogP contribution in [0.25, 0.3) is 0 Å². The van der Waals surface area contributed by atoms with Gasteiger partial charge in [-0.25, -0.2) is 8.78 Å². The second-order valence-corrected chi connectivity index (χ2v) is 11.9. The van der Waals surface area contributed by atoms with Crippen molar-refractivity contribution < 1.29 is 33.0 Å². The number of ether oxygens (including phenoxy) is 2. The Morgan fingerprint density at radius 1 is 1.16 bits per heavy atom. The first-order chi connectivity index (χ1) is 21.1. The molecule has 3 N–H and O–H groups in total. The molecule has 1 aliphatic heterocycles. The number of aliphatic hydroxyl groups excluding tert-OH is 1. The van der Waals surface area contributed by atoms with Gasteiger partial charge in [-0.2, -0.15) is 0 Å². The molecule has 1 heterocycles. The predicted octanol–water partition coefficient (Wildman–Crippen LogP) is 4.77. The number of nitrogens with one attached hydrogen (secondary N) is 2.